The number of carbonyl (C=O) groups excluding carboxylic acids is 6. The summed E-state index contributed by atoms with van der Waals surface area (Å²) in [5, 5.41) is 0. The van der Waals surface area contributed by atoms with Gasteiger partial charge in [0.25, 0.3) is 23.6 Å². The number of fused-ring (bicyclic) bond motifs is 2. The van der Waals surface area contributed by atoms with Crippen LogP contribution in [0.15, 0.2) is 72.8 Å². The second kappa shape index (κ2) is 10.6. The van der Waals surface area contributed by atoms with Crippen LogP contribution in [0.5, 0.6) is 0 Å². The van der Waals surface area contributed by atoms with Gasteiger partial charge in [-0.05, 0) is 49.2 Å². The number of carbonyl (C=O) groups is 6. The predicted octanol–water partition coefficient (Wildman–Crippen LogP) is 3.14. The summed E-state index contributed by atoms with van der Waals surface area (Å²) in [6.45, 7) is 2.68. The number of ether oxygens (including phenoxy) is 2. The first-order valence-electron chi connectivity index (χ1n) is 12.5. The fourth-order valence-electron chi connectivity index (χ4n) is 4.61. The highest BCUT2D eigenvalue weighted by Crippen LogP contribution is 2.26. The Labute approximate surface area is 229 Å². The number of benzene rings is 3. The van der Waals surface area contributed by atoms with Gasteiger partial charge in [-0.15, -0.1) is 0 Å². The summed E-state index contributed by atoms with van der Waals surface area (Å²) < 4.78 is 10.7. The largest absolute Gasteiger partial charge is 0.459 e. The molecule has 3 aromatic rings. The van der Waals surface area contributed by atoms with Gasteiger partial charge in [-0.1, -0.05) is 48.5 Å². The molecule has 10 heteroatoms. The molecule has 0 radical (unpaired) electrons. The van der Waals surface area contributed by atoms with Gasteiger partial charge in [0, 0.05) is 0 Å². The van der Waals surface area contributed by atoms with E-state index in [2.05, 4.69) is 0 Å². The molecular formula is C30H24N2O8. The Hall–Kier alpha value is -5.12. The first-order valence-corrected chi connectivity index (χ1v) is 12.5. The number of hydrogen-bond donors (Lipinski definition) is 0. The van der Waals surface area contributed by atoms with Crippen LogP contribution >= 0.6 is 0 Å². The van der Waals surface area contributed by atoms with Gasteiger partial charge in [0.2, 0.25) is 0 Å². The van der Waals surface area contributed by atoms with Gasteiger partial charge in [0.15, 0.2) is 0 Å². The minimum atomic E-state index is -1.10. The summed E-state index contributed by atoms with van der Waals surface area (Å²) in [6.07, 6.45) is 0. The van der Waals surface area contributed by atoms with Gasteiger partial charge < -0.3 is 9.47 Å². The lowest BCUT2D eigenvalue weighted by atomic mass is 10.1. The van der Waals surface area contributed by atoms with E-state index in [1.165, 1.54) is 38.1 Å². The molecule has 0 N–H and O–H groups in total. The predicted molar refractivity (Wildman–Crippen MR) is 139 cm³/mol. The zero-order valence-electron chi connectivity index (χ0n) is 21.7. The summed E-state index contributed by atoms with van der Waals surface area (Å²) in [4.78, 5) is 77.4. The van der Waals surface area contributed by atoms with Crippen LogP contribution in [0.3, 0.4) is 0 Å². The monoisotopic (exact) mass is 540 g/mol. The van der Waals surface area contributed by atoms with Crippen molar-refractivity contribution in [1.29, 1.82) is 0 Å². The minimum absolute atomic E-state index is 0.0941. The molecule has 5 rings (SSSR count). The second-order valence-electron chi connectivity index (χ2n) is 9.44. The van der Waals surface area contributed by atoms with Crippen LogP contribution < -0.4 is 0 Å². The van der Waals surface area contributed by atoms with Crippen LogP contribution in [0.2, 0.25) is 0 Å². The second-order valence-corrected chi connectivity index (χ2v) is 9.44. The van der Waals surface area contributed by atoms with Crippen LogP contribution in [0.25, 0.3) is 0 Å². The first-order chi connectivity index (χ1) is 19.2. The maximum absolute atomic E-state index is 12.6. The lowest BCUT2D eigenvalue weighted by molar-refractivity contribution is -0.149. The van der Waals surface area contributed by atoms with Gasteiger partial charge in [-0.2, -0.15) is 0 Å². The van der Waals surface area contributed by atoms with Crippen molar-refractivity contribution in [2.45, 2.75) is 39.1 Å². The van der Waals surface area contributed by atoms with E-state index in [0.717, 1.165) is 9.80 Å². The quantitative estimate of drug-likeness (QED) is 0.315. The van der Waals surface area contributed by atoms with Crippen molar-refractivity contribution in [3.05, 3.63) is 106 Å². The lowest BCUT2D eigenvalue weighted by Crippen LogP contribution is -2.43. The molecule has 0 saturated carbocycles. The maximum Gasteiger partial charge on any atom is 0.329 e. The van der Waals surface area contributed by atoms with Crippen molar-refractivity contribution in [1.82, 2.24) is 9.80 Å². The van der Waals surface area contributed by atoms with Gasteiger partial charge in [0.05, 0.1) is 22.3 Å². The van der Waals surface area contributed by atoms with Crippen LogP contribution in [-0.4, -0.2) is 57.5 Å². The van der Waals surface area contributed by atoms with Crippen LogP contribution in [0.4, 0.5) is 0 Å². The number of hydrogen-bond acceptors (Lipinski definition) is 8. The summed E-state index contributed by atoms with van der Waals surface area (Å²) in [6, 6.07) is 17.3. The van der Waals surface area contributed by atoms with Gasteiger partial charge in [-0.25, -0.2) is 9.59 Å². The minimum Gasteiger partial charge on any atom is -0.459 e. The van der Waals surface area contributed by atoms with Crippen LogP contribution in [0, 0.1) is 0 Å². The Bertz CT molecular complexity index is 1380. The maximum atomic E-state index is 12.6. The summed E-state index contributed by atoms with van der Waals surface area (Å²) in [5.74, 6) is -3.62. The number of imide groups is 2. The van der Waals surface area contributed by atoms with E-state index in [0.29, 0.717) is 11.1 Å². The van der Waals surface area contributed by atoms with E-state index < -0.39 is 47.7 Å². The lowest BCUT2D eigenvalue weighted by Gasteiger charge is -2.21. The summed E-state index contributed by atoms with van der Waals surface area (Å²) >= 11 is 0. The molecule has 0 aliphatic carbocycles. The van der Waals surface area contributed by atoms with E-state index in [1.54, 1.807) is 48.5 Å². The molecule has 0 aromatic heterocycles. The first kappa shape index (κ1) is 26.5. The van der Waals surface area contributed by atoms with E-state index in [9.17, 15) is 28.8 Å². The smallest absolute Gasteiger partial charge is 0.329 e. The SMILES string of the molecule is CC(C(=O)OCc1ccc(COC(=O)C(C)N2C(=O)c3ccccc3C2=O)cc1)N1C(=O)c2ccccc2C1=O. The number of esters is 2. The van der Waals surface area contributed by atoms with Gasteiger partial charge >= 0.3 is 11.9 Å². The van der Waals surface area contributed by atoms with E-state index in [4.69, 9.17) is 9.47 Å². The molecule has 0 fully saturated rings. The Kier molecular flexibility index (Phi) is 7.00. The van der Waals surface area contributed by atoms with Crippen molar-refractivity contribution in [2.75, 3.05) is 0 Å². The molecule has 202 valence electrons. The normalized spacial score (nSPS) is 15.6. The van der Waals surface area contributed by atoms with Crippen LogP contribution in [0.1, 0.15) is 66.4 Å². The van der Waals surface area contributed by atoms with E-state index in [-0.39, 0.29) is 35.5 Å². The number of amides is 4. The van der Waals surface area contributed by atoms with Crippen LogP contribution in [-0.2, 0) is 32.3 Å². The van der Waals surface area contributed by atoms with E-state index >= 15 is 0 Å². The molecule has 2 aliphatic heterocycles. The Morgan fingerprint density at radius 3 is 1.10 bits per heavy atom. The van der Waals surface area contributed by atoms with E-state index in [1.807, 2.05) is 0 Å². The molecule has 2 heterocycles. The molecule has 2 aliphatic rings. The fourth-order valence-corrected chi connectivity index (χ4v) is 4.61. The third kappa shape index (κ3) is 4.64. The van der Waals surface area contributed by atoms with Crippen molar-refractivity contribution in [3.63, 3.8) is 0 Å². The molecule has 0 saturated heterocycles. The molecule has 2 unspecified atom stereocenters. The number of rotatable bonds is 8. The number of nitrogens with zero attached hydrogens (tertiary/aromatic N) is 2. The molecule has 2 atom stereocenters. The zero-order chi connectivity index (χ0) is 28.6. The van der Waals surface area contributed by atoms with Crippen molar-refractivity contribution in [3.8, 4) is 0 Å². The molecule has 0 bridgehead atoms. The van der Waals surface area contributed by atoms with Gasteiger partial charge in [-0.3, -0.25) is 29.0 Å². The molecule has 3 aromatic carbocycles. The summed E-state index contributed by atoms with van der Waals surface area (Å²) in [5.41, 5.74) is 2.28. The average Bonchev–Trinajstić information content (AvgIpc) is 3.38. The average molecular weight is 541 g/mol. The Balaban J connectivity index is 1.12. The Morgan fingerprint density at radius 1 is 0.550 bits per heavy atom. The van der Waals surface area contributed by atoms with Gasteiger partial charge in [0.1, 0.15) is 25.3 Å². The standard InChI is InChI=1S/C30H24N2O8/c1-17(31-25(33)21-7-3-4-8-22(21)26(31)34)29(37)39-15-19-11-13-20(14-12-19)16-40-30(38)18(2)32-27(35)23-9-5-6-10-24(23)28(32)36/h3-14,17-18H,15-16H2,1-2H3. The van der Waals surface area contributed by atoms with Crippen molar-refractivity contribution < 1.29 is 38.2 Å². The molecule has 10 nitrogen and oxygen atoms in total. The fraction of sp³-hybridized carbons (Fsp3) is 0.200. The molecule has 0 spiro atoms. The molecule has 40 heavy (non-hydrogen) atoms. The van der Waals surface area contributed by atoms with Crippen molar-refractivity contribution in [2.24, 2.45) is 0 Å². The third-order valence-corrected chi connectivity index (χ3v) is 6.89. The highest BCUT2D eigenvalue weighted by atomic mass is 16.5. The zero-order valence-corrected chi connectivity index (χ0v) is 21.7. The highest BCUT2D eigenvalue weighted by molar-refractivity contribution is 6.23. The third-order valence-electron chi connectivity index (χ3n) is 6.89. The Morgan fingerprint density at radius 2 is 0.825 bits per heavy atom. The molecular weight excluding hydrogens is 516 g/mol. The molecule has 4 amide bonds. The highest BCUT2D eigenvalue weighted by Gasteiger charge is 2.42. The topological polar surface area (TPSA) is 127 Å². The van der Waals surface area contributed by atoms with Crippen molar-refractivity contribution >= 4 is 35.6 Å². The summed E-state index contributed by atoms with van der Waals surface area (Å²) in [7, 11) is 0.